The summed E-state index contributed by atoms with van der Waals surface area (Å²) in [7, 11) is 0. The van der Waals surface area contributed by atoms with Crippen molar-refractivity contribution >= 4 is 23.2 Å². The lowest BCUT2D eigenvalue weighted by Crippen LogP contribution is -2.43. The standard InChI is InChI=1S/C21H24FN7O/c1-13(30)15-12-24-21(27-18-6-3-2-5-17(18)23)28-20(15)26-14-7-8-19(16(22)11-14)29-10-4-9-25-29/h4,7-12,17-18H,2-3,5-6,23H2,1H3,(H2,24,26,27,28)/t17-,18+/m0/s1. The molecule has 1 fully saturated rings. The van der Waals surface area contributed by atoms with E-state index in [0.29, 0.717) is 28.7 Å². The van der Waals surface area contributed by atoms with E-state index in [4.69, 9.17) is 5.73 Å². The van der Waals surface area contributed by atoms with E-state index in [-0.39, 0.29) is 17.9 Å². The van der Waals surface area contributed by atoms with Gasteiger partial charge in [0.25, 0.3) is 0 Å². The molecular weight excluding hydrogens is 385 g/mol. The number of hydrogen-bond acceptors (Lipinski definition) is 7. The molecule has 8 nitrogen and oxygen atoms in total. The highest BCUT2D eigenvalue weighted by atomic mass is 19.1. The molecule has 3 aromatic rings. The molecule has 0 bridgehead atoms. The SMILES string of the molecule is CC(=O)c1cnc(N[C@@H]2CCCC[C@@H]2N)nc1Nc1ccc(-n2cccn2)c(F)c1. The molecule has 0 aliphatic heterocycles. The quantitative estimate of drug-likeness (QED) is 0.535. The Morgan fingerprint density at radius 1 is 1.30 bits per heavy atom. The Bertz CT molecular complexity index is 1040. The largest absolute Gasteiger partial charge is 0.350 e. The van der Waals surface area contributed by atoms with Crippen molar-refractivity contribution in [1.29, 1.82) is 0 Å². The van der Waals surface area contributed by atoms with E-state index in [1.807, 2.05) is 0 Å². The molecule has 30 heavy (non-hydrogen) atoms. The molecule has 2 heterocycles. The topological polar surface area (TPSA) is 111 Å². The van der Waals surface area contributed by atoms with Gasteiger partial charge in [-0.2, -0.15) is 10.1 Å². The average Bonchev–Trinajstić information content (AvgIpc) is 3.24. The molecule has 1 aliphatic carbocycles. The molecule has 0 amide bonds. The lowest BCUT2D eigenvalue weighted by Gasteiger charge is -2.29. The number of nitrogens with one attached hydrogen (secondary N) is 2. The molecule has 2 aromatic heterocycles. The summed E-state index contributed by atoms with van der Waals surface area (Å²) in [5.74, 6) is 0.0646. The molecule has 0 spiro atoms. The van der Waals surface area contributed by atoms with E-state index < -0.39 is 5.82 Å². The Labute approximate surface area is 173 Å². The first-order valence-corrected chi connectivity index (χ1v) is 9.98. The maximum absolute atomic E-state index is 14.6. The lowest BCUT2D eigenvalue weighted by molar-refractivity contribution is 0.101. The van der Waals surface area contributed by atoms with Crippen LogP contribution in [0.25, 0.3) is 5.69 Å². The van der Waals surface area contributed by atoms with Crippen LogP contribution >= 0.6 is 0 Å². The van der Waals surface area contributed by atoms with Crippen molar-refractivity contribution in [1.82, 2.24) is 19.7 Å². The van der Waals surface area contributed by atoms with Crippen molar-refractivity contribution in [3.63, 3.8) is 0 Å². The molecular formula is C21H24FN7O. The molecule has 0 radical (unpaired) electrons. The number of halogens is 1. The molecule has 0 saturated heterocycles. The number of hydrogen-bond donors (Lipinski definition) is 3. The molecule has 156 valence electrons. The monoisotopic (exact) mass is 409 g/mol. The third kappa shape index (κ3) is 4.30. The second-order valence-electron chi connectivity index (χ2n) is 7.45. The fourth-order valence-electron chi connectivity index (χ4n) is 3.63. The summed E-state index contributed by atoms with van der Waals surface area (Å²) in [6, 6.07) is 6.50. The Balaban J connectivity index is 1.59. The number of carbonyl (C=O) groups excluding carboxylic acids is 1. The van der Waals surface area contributed by atoms with Crippen LogP contribution in [0, 0.1) is 5.82 Å². The van der Waals surface area contributed by atoms with Crippen molar-refractivity contribution in [2.75, 3.05) is 10.6 Å². The van der Waals surface area contributed by atoms with E-state index in [1.165, 1.54) is 23.9 Å². The lowest BCUT2D eigenvalue weighted by atomic mass is 9.91. The van der Waals surface area contributed by atoms with Crippen LogP contribution in [-0.4, -0.2) is 37.6 Å². The van der Waals surface area contributed by atoms with E-state index >= 15 is 0 Å². The summed E-state index contributed by atoms with van der Waals surface area (Å²) in [6.45, 7) is 1.44. The number of ketones is 1. The molecule has 4 N–H and O–H groups in total. The first-order chi connectivity index (χ1) is 14.5. The maximum Gasteiger partial charge on any atom is 0.224 e. The van der Waals surface area contributed by atoms with Gasteiger partial charge >= 0.3 is 0 Å². The average molecular weight is 409 g/mol. The van der Waals surface area contributed by atoms with Crippen LogP contribution < -0.4 is 16.4 Å². The van der Waals surface area contributed by atoms with Crippen molar-refractivity contribution < 1.29 is 9.18 Å². The number of nitrogens with two attached hydrogens (primary N) is 1. The van der Waals surface area contributed by atoms with Gasteiger partial charge in [-0.3, -0.25) is 4.79 Å². The minimum atomic E-state index is -0.450. The zero-order valence-electron chi connectivity index (χ0n) is 16.7. The van der Waals surface area contributed by atoms with Crippen molar-refractivity contribution in [3.8, 4) is 5.69 Å². The number of nitrogens with zero attached hydrogens (tertiary/aromatic N) is 4. The summed E-state index contributed by atoms with van der Waals surface area (Å²) in [5.41, 5.74) is 7.32. The van der Waals surface area contributed by atoms with Crippen LogP contribution in [0.2, 0.25) is 0 Å². The maximum atomic E-state index is 14.6. The van der Waals surface area contributed by atoms with Gasteiger partial charge in [0.15, 0.2) is 11.6 Å². The number of benzene rings is 1. The zero-order chi connectivity index (χ0) is 21.1. The fourth-order valence-corrected chi connectivity index (χ4v) is 3.63. The van der Waals surface area contributed by atoms with Gasteiger partial charge < -0.3 is 16.4 Å². The van der Waals surface area contributed by atoms with E-state index in [0.717, 1.165) is 25.7 Å². The van der Waals surface area contributed by atoms with Gasteiger partial charge in [-0.25, -0.2) is 14.1 Å². The number of carbonyl (C=O) groups is 1. The summed E-state index contributed by atoms with van der Waals surface area (Å²) < 4.78 is 16.0. The minimum Gasteiger partial charge on any atom is -0.350 e. The van der Waals surface area contributed by atoms with Crippen molar-refractivity contribution in [2.24, 2.45) is 5.73 Å². The van der Waals surface area contributed by atoms with Crippen molar-refractivity contribution in [2.45, 2.75) is 44.7 Å². The highest BCUT2D eigenvalue weighted by Crippen LogP contribution is 2.25. The number of Topliss-reactive ketones (excluding diaryl/α,β-unsaturated/α-hetero) is 1. The van der Waals surface area contributed by atoms with Crippen LogP contribution in [0.15, 0.2) is 42.9 Å². The van der Waals surface area contributed by atoms with Gasteiger partial charge in [0.1, 0.15) is 11.5 Å². The van der Waals surface area contributed by atoms with Crippen LogP contribution in [-0.2, 0) is 0 Å². The Morgan fingerprint density at radius 3 is 2.83 bits per heavy atom. The van der Waals surface area contributed by atoms with E-state index in [1.54, 1.807) is 30.6 Å². The molecule has 1 saturated carbocycles. The Hall–Kier alpha value is -3.33. The van der Waals surface area contributed by atoms with Crippen LogP contribution in [0.3, 0.4) is 0 Å². The molecule has 0 unspecified atom stereocenters. The van der Waals surface area contributed by atoms with Crippen molar-refractivity contribution in [3.05, 3.63) is 54.2 Å². The number of anilines is 3. The molecule has 2 atom stereocenters. The normalized spacial score (nSPS) is 18.8. The smallest absolute Gasteiger partial charge is 0.224 e. The number of rotatable bonds is 6. The van der Waals surface area contributed by atoms with E-state index in [9.17, 15) is 9.18 Å². The zero-order valence-corrected chi connectivity index (χ0v) is 16.7. The molecule has 1 aromatic carbocycles. The van der Waals surface area contributed by atoms with Gasteiger partial charge in [-0.1, -0.05) is 12.8 Å². The van der Waals surface area contributed by atoms with Gasteiger partial charge in [0.05, 0.1) is 5.56 Å². The third-order valence-corrected chi connectivity index (χ3v) is 5.26. The Morgan fingerprint density at radius 2 is 2.13 bits per heavy atom. The summed E-state index contributed by atoms with van der Waals surface area (Å²) in [5, 5.41) is 10.4. The summed E-state index contributed by atoms with van der Waals surface area (Å²) in [4.78, 5) is 20.8. The van der Waals surface area contributed by atoms with Gasteiger partial charge in [-0.05, 0) is 44.0 Å². The first-order valence-electron chi connectivity index (χ1n) is 9.98. The highest BCUT2D eigenvalue weighted by molar-refractivity contribution is 5.99. The van der Waals surface area contributed by atoms with E-state index in [2.05, 4.69) is 25.7 Å². The van der Waals surface area contributed by atoms with Gasteiger partial charge in [0, 0.05) is 36.4 Å². The van der Waals surface area contributed by atoms with Gasteiger partial charge in [-0.15, -0.1) is 0 Å². The molecule has 4 rings (SSSR count). The number of aromatic nitrogens is 4. The minimum absolute atomic E-state index is 0.0372. The molecule has 9 heteroatoms. The van der Waals surface area contributed by atoms with Crippen LogP contribution in [0.5, 0.6) is 0 Å². The summed E-state index contributed by atoms with van der Waals surface area (Å²) in [6.07, 6.45) is 8.84. The molecule has 1 aliphatic rings. The van der Waals surface area contributed by atoms with Gasteiger partial charge in [0.2, 0.25) is 5.95 Å². The second kappa shape index (κ2) is 8.58. The second-order valence-corrected chi connectivity index (χ2v) is 7.45. The first kappa shape index (κ1) is 20.0. The third-order valence-electron chi connectivity index (χ3n) is 5.26. The highest BCUT2D eigenvalue weighted by Gasteiger charge is 2.23. The predicted octanol–water partition coefficient (Wildman–Crippen LogP) is 3.43. The predicted molar refractivity (Wildman–Crippen MR) is 113 cm³/mol. The summed E-state index contributed by atoms with van der Waals surface area (Å²) >= 11 is 0. The Kier molecular flexibility index (Phi) is 5.71. The van der Waals surface area contributed by atoms with Crippen LogP contribution in [0.4, 0.5) is 21.8 Å². The fraction of sp³-hybridized carbons (Fsp3) is 0.333. The van der Waals surface area contributed by atoms with Crippen LogP contribution in [0.1, 0.15) is 43.0 Å².